The fraction of sp³-hybridized carbons (Fsp3) is 0.0833. The maximum atomic E-state index is 11.9. The van der Waals surface area contributed by atoms with Crippen molar-refractivity contribution >= 4 is 40.6 Å². The largest absolute Gasteiger partial charge is 0.507 e. The molecule has 0 unspecified atom stereocenters. The lowest BCUT2D eigenvalue weighted by atomic mass is 10.1. The van der Waals surface area contributed by atoms with Crippen molar-refractivity contribution in [1.82, 2.24) is 4.90 Å². The number of aliphatic carboxylic acids is 1. The molecule has 1 heterocycles. The SMILES string of the molecule is Nc1ccc(O)c(/C=C2\SC(=O)N(CC(=O)O)C2=O)c1. The molecule has 0 radical (unpaired) electrons. The van der Waals surface area contributed by atoms with Gasteiger partial charge in [-0.1, -0.05) is 0 Å². The molecule has 1 aromatic carbocycles. The van der Waals surface area contributed by atoms with Crippen molar-refractivity contribution in [3.05, 3.63) is 28.7 Å². The number of thioether (sulfide) groups is 1. The third-order valence-corrected chi connectivity index (χ3v) is 3.41. The van der Waals surface area contributed by atoms with Gasteiger partial charge in [-0.05, 0) is 36.0 Å². The number of rotatable bonds is 3. The van der Waals surface area contributed by atoms with Crippen LogP contribution in [0.2, 0.25) is 0 Å². The van der Waals surface area contributed by atoms with Crippen LogP contribution < -0.4 is 5.73 Å². The molecule has 0 aromatic heterocycles. The van der Waals surface area contributed by atoms with Crippen LogP contribution in [0.25, 0.3) is 6.08 Å². The van der Waals surface area contributed by atoms with Crippen LogP contribution in [0.15, 0.2) is 23.1 Å². The predicted molar refractivity (Wildman–Crippen MR) is 72.8 cm³/mol. The van der Waals surface area contributed by atoms with Crippen LogP contribution >= 0.6 is 11.8 Å². The van der Waals surface area contributed by atoms with E-state index in [0.717, 1.165) is 0 Å². The van der Waals surface area contributed by atoms with Crippen molar-refractivity contribution in [3.63, 3.8) is 0 Å². The molecule has 7 nitrogen and oxygen atoms in total. The normalized spacial score (nSPS) is 17.0. The second-order valence-corrected chi connectivity index (χ2v) is 4.97. The lowest BCUT2D eigenvalue weighted by Crippen LogP contribution is -2.33. The van der Waals surface area contributed by atoms with E-state index >= 15 is 0 Å². The Morgan fingerprint density at radius 2 is 2.10 bits per heavy atom. The van der Waals surface area contributed by atoms with E-state index in [2.05, 4.69) is 0 Å². The molecule has 4 N–H and O–H groups in total. The molecule has 1 aromatic rings. The first-order valence-corrected chi connectivity index (χ1v) is 6.26. The quantitative estimate of drug-likeness (QED) is 0.433. The number of amides is 2. The third-order valence-electron chi connectivity index (χ3n) is 2.51. The molecule has 2 rings (SSSR count). The minimum atomic E-state index is -1.28. The second kappa shape index (κ2) is 5.25. The summed E-state index contributed by atoms with van der Waals surface area (Å²) in [4.78, 5) is 34.7. The van der Waals surface area contributed by atoms with E-state index in [-0.39, 0.29) is 16.2 Å². The molecule has 20 heavy (non-hydrogen) atoms. The molecule has 0 spiro atoms. The maximum absolute atomic E-state index is 11.9. The maximum Gasteiger partial charge on any atom is 0.323 e. The monoisotopic (exact) mass is 294 g/mol. The van der Waals surface area contributed by atoms with Gasteiger partial charge in [0, 0.05) is 11.3 Å². The van der Waals surface area contributed by atoms with Gasteiger partial charge < -0.3 is 15.9 Å². The van der Waals surface area contributed by atoms with Crippen LogP contribution in [-0.2, 0) is 9.59 Å². The van der Waals surface area contributed by atoms with Gasteiger partial charge in [0.25, 0.3) is 11.1 Å². The molecule has 0 bridgehead atoms. The van der Waals surface area contributed by atoms with Gasteiger partial charge in [-0.15, -0.1) is 0 Å². The second-order valence-electron chi connectivity index (χ2n) is 3.98. The molecule has 0 aliphatic carbocycles. The first-order valence-electron chi connectivity index (χ1n) is 5.44. The fourth-order valence-electron chi connectivity index (χ4n) is 1.60. The molecular formula is C12H10N2O5S. The average molecular weight is 294 g/mol. The van der Waals surface area contributed by atoms with Gasteiger partial charge in [0.15, 0.2) is 0 Å². The van der Waals surface area contributed by atoms with Gasteiger partial charge in [0.2, 0.25) is 0 Å². The molecular weight excluding hydrogens is 284 g/mol. The molecule has 8 heteroatoms. The average Bonchev–Trinajstić information content (AvgIpc) is 2.61. The molecule has 0 atom stereocenters. The summed E-state index contributed by atoms with van der Waals surface area (Å²) in [6.45, 7) is -0.690. The van der Waals surface area contributed by atoms with E-state index in [9.17, 15) is 19.5 Å². The summed E-state index contributed by atoms with van der Waals surface area (Å²) in [5.74, 6) is -2.08. The van der Waals surface area contributed by atoms with E-state index in [1.807, 2.05) is 0 Å². The first-order chi connectivity index (χ1) is 9.38. The molecule has 1 fully saturated rings. The third kappa shape index (κ3) is 2.75. The lowest BCUT2D eigenvalue weighted by molar-refractivity contribution is -0.140. The highest BCUT2D eigenvalue weighted by Crippen LogP contribution is 2.33. The number of aromatic hydroxyl groups is 1. The number of hydrogen-bond donors (Lipinski definition) is 3. The summed E-state index contributed by atoms with van der Waals surface area (Å²) in [7, 11) is 0. The molecule has 104 valence electrons. The number of carboxylic acid groups (broad SMARTS) is 1. The van der Waals surface area contributed by atoms with Crippen molar-refractivity contribution in [2.75, 3.05) is 12.3 Å². The Morgan fingerprint density at radius 3 is 2.75 bits per heavy atom. The summed E-state index contributed by atoms with van der Waals surface area (Å²) in [6, 6.07) is 4.30. The number of benzene rings is 1. The first kappa shape index (κ1) is 13.9. The summed E-state index contributed by atoms with van der Waals surface area (Å²) >= 11 is 0.616. The van der Waals surface area contributed by atoms with Gasteiger partial charge in [-0.3, -0.25) is 19.3 Å². The Labute approximate surface area is 117 Å². The van der Waals surface area contributed by atoms with Crippen molar-refractivity contribution in [3.8, 4) is 5.75 Å². The van der Waals surface area contributed by atoms with E-state index in [1.165, 1.54) is 24.3 Å². The van der Waals surface area contributed by atoms with E-state index < -0.39 is 23.7 Å². The number of nitrogens with zero attached hydrogens (tertiary/aromatic N) is 1. The molecule has 0 saturated carbocycles. The van der Waals surface area contributed by atoms with Gasteiger partial charge in [0.1, 0.15) is 12.3 Å². The smallest absolute Gasteiger partial charge is 0.323 e. The van der Waals surface area contributed by atoms with Crippen molar-refractivity contribution in [1.29, 1.82) is 0 Å². The summed E-state index contributed by atoms with van der Waals surface area (Å²) < 4.78 is 0. The molecule has 1 aliphatic rings. The standard InChI is InChI=1S/C12H10N2O5S/c13-7-1-2-8(15)6(3-7)4-9-11(18)14(5-10(16)17)12(19)20-9/h1-4,15H,5,13H2,(H,16,17)/b9-4-. The number of carbonyl (C=O) groups excluding carboxylic acids is 2. The summed E-state index contributed by atoms with van der Waals surface area (Å²) in [5.41, 5.74) is 6.24. The Morgan fingerprint density at radius 1 is 1.40 bits per heavy atom. The van der Waals surface area contributed by atoms with E-state index in [1.54, 1.807) is 0 Å². The lowest BCUT2D eigenvalue weighted by Gasteiger charge is -2.07. The van der Waals surface area contributed by atoms with Gasteiger partial charge >= 0.3 is 5.97 Å². The fourth-order valence-corrected chi connectivity index (χ4v) is 2.43. The van der Waals surface area contributed by atoms with Crippen LogP contribution in [0.5, 0.6) is 5.75 Å². The highest BCUT2D eigenvalue weighted by atomic mass is 32.2. The zero-order valence-corrected chi connectivity index (χ0v) is 10.9. The van der Waals surface area contributed by atoms with E-state index in [4.69, 9.17) is 10.8 Å². The zero-order valence-electron chi connectivity index (χ0n) is 10.1. The van der Waals surface area contributed by atoms with Crippen LogP contribution in [0, 0.1) is 0 Å². The van der Waals surface area contributed by atoms with Gasteiger partial charge in [-0.25, -0.2) is 0 Å². The molecule has 2 amide bonds. The number of carboxylic acids is 1. The molecule has 1 aliphatic heterocycles. The number of carbonyl (C=O) groups is 3. The summed E-state index contributed by atoms with van der Waals surface area (Å²) in [6.07, 6.45) is 1.30. The minimum absolute atomic E-state index is 0.0390. The van der Waals surface area contributed by atoms with Crippen LogP contribution in [0.3, 0.4) is 0 Å². The van der Waals surface area contributed by atoms with Gasteiger partial charge in [-0.2, -0.15) is 0 Å². The van der Waals surface area contributed by atoms with Crippen LogP contribution in [0.4, 0.5) is 10.5 Å². The number of anilines is 1. The Balaban J connectivity index is 2.32. The topological polar surface area (TPSA) is 121 Å². The van der Waals surface area contributed by atoms with Crippen molar-refractivity contribution in [2.45, 2.75) is 0 Å². The van der Waals surface area contributed by atoms with Crippen LogP contribution in [0.1, 0.15) is 5.56 Å². The van der Waals surface area contributed by atoms with E-state index in [0.29, 0.717) is 22.3 Å². The summed E-state index contributed by atoms with van der Waals surface area (Å²) in [5, 5.41) is 17.6. The van der Waals surface area contributed by atoms with Crippen LogP contribution in [-0.4, -0.2) is 38.8 Å². The highest BCUT2D eigenvalue weighted by Gasteiger charge is 2.36. The van der Waals surface area contributed by atoms with Crippen molar-refractivity contribution < 1.29 is 24.6 Å². The predicted octanol–water partition coefficient (Wildman–Crippen LogP) is 1.10. The number of nitrogens with two attached hydrogens (primary N) is 1. The highest BCUT2D eigenvalue weighted by molar-refractivity contribution is 8.18. The molecule has 1 saturated heterocycles. The zero-order chi connectivity index (χ0) is 14.9. The minimum Gasteiger partial charge on any atom is -0.507 e. The Kier molecular flexibility index (Phi) is 3.66. The van der Waals surface area contributed by atoms with Gasteiger partial charge in [0.05, 0.1) is 4.91 Å². The number of hydrogen-bond acceptors (Lipinski definition) is 6. The van der Waals surface area contributed by atoms with Crippen molar-refractivity contribution in [2.24, 2.45) is 0 Å². The number of phenolic OH excluding ortho intramolecular Hbond substituents is 1. The Hall–Kier alpha value is -2.48. The number of imide groups is 1. The number of nitrogen functional groups attached to an aromatic ring is 1. The Bertz CT molecular complexity index is 641. The number of phenols is 1.